The van der Waals surface area contributed by atoms with E-state index in [1.54, 1.807) is 19.2 Å². The highest BCUT2D eigenvalue weighted by atomic mass is 127. The summed E-state index contributed by atoms with van der Waals surface area (Å²) in [5.74, 6) is 1.87. The number of nitrogens with zero attached hydrogens (tertiary/aromatic N) is 1. The van der Waals surface area contributed by atoms with Crippen LogP contribution in [0.4, 0.5) is 5.69 Å². The second-order valence-corrected chi connectivity index (χ2v) is 6.09. The highest BCUT2D eigenvalue weighted by Gasteiger charge is 2.11. The van der Waals surface area contributed by atoms with Crippen LogP contribution in [0.3, 0.4) is 0 Å². The van der Waals surface area contributed by atoms with Crippen molar-refractivity contribution in [1.29, 1.82) is 0 Å². The van der Waals surface area contributed by atoms with E-state index in [0.29, 0.717) is 41.2 Å². The summed E-state index contributed by atoms with van der Waals surface area (Å²) in [4.78, 5) is 4.45. The van der Waals surface area contributed by atoms with Crippen LogP contribution in [0.15, 0.2) is 47.5 Å². The van der Waals surface area contributed by atoms with Gasteiger partial charge in [0.05, 0.1) is 20.3 Å². The molecule has 28 heavy (non-hydrogen) atoms. The van der Waals surface area contributed by atoms with E-state index in [4.69, 9.17) is 21.1 Å². The number of hydrogen-bond acceptors (Lipinski definition) is 4. The summed E-state index contributed by atoms with van der Waals surface area (Å²) in [6, 6.07) is 12.8. The number of anilines is 1. The van der Waals surface area contributed by atoms with E-state index in [-0.39, 0.29) is 30.5 Å². The zero-order chi connectivity index (χ0) is 19.6. The van der Waals surface area contributed by atoms with Crippen molar-refractivity contribution in [3.8, 4) is 11.5 Å². The normalized spacial score (nSPS) is 12.0. The number of aliphatic hydroxyl groups excluding tert-OH is 1. The lowest BCUT2D eigenvalue weighted by Gasteiger charge is -2.15. The predicted molar refractivity (Wildman–Crippen MR) is 126 cm³/mol. The molecule has 3 N–H and O–H groups in total. The van der Waals surface area contributed by atoms with Crippen molar-refractivity contribution in [2.24, 2.45) is 4.99 Å². The molecule has 0 bridgehead atoms. The van der Waals surface area contributed by atoms with Gasteiger partial charge in [-0.1, -0.05) is 29.8 Å². The fourth-order valence-electron chi connectivity index (χ4n) is 2.49. The number of benzene rings is 2. The van der Waals surface area contributed by atoms with Gasteiger partial charge in [0.1, 0.15) is 6.10 Å². The molecule has 2 aromatic carbocycles. The minimum atomic E-state index is -0.788. The Labute approximate surface area is 188 Å². The van der Waals surface area contributed by atoms with Crippen LogP contribution in [0.5, 0.6) is 11.5 Å². The van der Waals surface area contributed by atoms with E-state index < -0.39 is 6.10 Å². The number of rotatable bonds is 8. The van der Waals surface area contributed by atoms with Gasteiger partial charge in [-0.15, -0.1) is 24.0 Å². The molecule has 1 unspecified atom stereocenters. The molecule has 1 atom stereocenters. The molecule has 0 saturated carbocycles. The summed E-state index contributed by atoms with van der Waals surface area (Å²) in [5, 5.41) is 17.3. The molecule has 0 aliphatic rings. The minimum Gasteiger partial charge on any atom is -0.493 e. The van der Waals surface area contributed by atoms with Gasteiger partial charge in [0.25, 0.3) is 0 Å². The van der Waals surface area contributed by atoms with Gasteiger partial charge in [-0.05, 0) is 32.0 Å². The van der Waals surface area contributed by atoms with Gasteiger partial charge in [-0.25, -0.2) is 4.99 Å². The van der Waals surface area contributed by atoms with Crippen LogP contribution in [0.1, 0.15) is 25.5 Å². The van der Waals surface area contributed by atoms with Gasteiger partial charge in [-0.3, -0.25) is 0 Å². The standard InChI is InChI=1S/C20H26ClN3O3.HI/c1-4-22-20(23-13-17(25)15-8-6-7-9-16(15)21)24-14-10-11-18(27-5-2)19(12-14)26-3;/h6-12,17,25H,4-5,13H2,1-3H3,(H2,22,23,24);1H. The first-order chi connectivity index (χ1) is 13.1. The number of aliphatic imine (C=N–C) groups is 1. The Bertz CT molecular complexity index is 774. The van der Waals surface area contributed by atoms with E-state index in [0.717, 1.165) is 5.69 Å². The van der Waals surface area contributed by atoms with Crippen LogP contribution in [-0.4, -0.2) is 37.9 Å². The smallest absolute Gasteiger partial charge is 0.195 e. The lowest BCUT2D eigenvalue weighted by Crippen LogP contribution is -2.31. The molecule has 0 heterocycles. The van der Waals surface area contributed by atoms with Crippen LogP contribution < -0.4 is 20.1 Å². The Balaban J connectivity index is 0.00000392. The molecule has 0 aliphatic heterocycles. The molecule has 2 rings (SSSR count). The van der Waals surface area contributed by atoms with Gasteiger partial charge < -0.3 is 25.2 Å². The first kappa shape index (κ1) is 24.3. The van der Waals surface area contributed by atoms with Crippen molar-refractivity contribution in [2.45, 2.75) is 20.0 Å². The molecule has 0 amide bonds. The number of aliphatic hydroxyl groups is 1. The minimum absolute atomic E-state index is 0. The average Bonchev–Trinajstić information content (AvgIpc) is 2.67. The molecule has 8 heteroatoms. The molecule has 154 valence electrons. The third kappa shape index (κ3) is 7.03. The molecule has 0 radical (unpaired) electrons. The van der Waals surface area contributed by atoms with Crippen LogP contribution in [0.2, 0.25) is 5.02 Å². The predicted octanol–water partition coefficient (Wildman–Crippen LogP) is 4.48. The van der Waals surface area contributed by atoms with Crippen LogP contribution >= 0.6 is 35.6 Å². The fourth-order valence-corrected chi connectivity index (χ4v) is 2.75. The molecule has 0 spiro atoms. The maximum atomic E-state index is 10.4. The maximum absolute atomic E-state index is 10.4. The SMILES string of the molecule is CCNC(=NCC(O)c1ccccc1Cl)Nc1ccc(OCC)c(OC)c1.I. The molecule has 0 fully saturated rings. The van der Waals surface area contributed by atoms with E-state index in [2.05, 4.69) is 15.6 Å². The number of nitrogens with one attached hydrogen (secondary N) is 2. The Morgan fingerprint density at radius 1 is 1.18 bits per heavy atom. The molecular formula is C20H27ClIN3O3. The lowest BCUT2D eigenvalue weighted by molar-refractivity contribution is 0.187. The average molecular weight is 520 g/mol. The summed E-state index contributed by atoms with van der Waals surface area (Å²) in [5.41, 5.74) is 1.45. The molecule has 0 aromatic heterocycles. The van der Waals surface area contributed by atoms with Crippen LogP contribution in [0, 0.1) is 0 Å². The van der Waals surface area contributed by atoms with E-state index in [1.165, 1.54) is 0 Å². The number of halogens is 2. The van der Waals surface area contributed by atoms with Crippen LogP contribution in [0.25, 0.3) is 0 Å². The van der Waals surface area contributed by atoms with Crippen LogP contribution in [-0.2, 0) is 0 Å². The first-order valence-corrected chi connectivity index (χ1v) is 9.25. The second kappa shape index (κ2) is 12.7. The Hall–Kier alpha value is -1.71. The summed E-state index contributed by atoms with van der Waals surface area (Å²) in [6.07, 6.45) is -0.788. The topological polar surface area (TPSA) is 75.1 Å². The fraction of sp³-hybridized carbons (Fsp3) is 0.350. The number of hydrogen-bond donors (Lipinski definition) is 3. The number of methoxy groups -OCH3 is 1. The summed E-state index contributed by atoms with van der Waals surface area (Å²) in [7, 11) is 1.60. The largest absolute Gasteiger partial charge is 0.493 e. The van der Waals surface area contributed by atoms with Crippen molar-refractivity contribution < 1.29 is 14.6 Å². The molecule has 0 saturated heterocycles. The molecule has 0 aliphatic carbocycles. The van der Waals surface area contributed by atoms with Gasteiger partial charge in [0.2, 0.25) is 0 Å². The molecular weight excluding hydrogens is 493 g/mol. The number of ether oxygens (including phenoxy) is 2. The van der Waals surface area contributed by atoms with Crippen molar-refractivity contribution >= 4 is 47.2 Å². The van der Waals surface area contributed by atoms with E-state index in [1.807, 2.05) is 44.2 Å². The third-order valence-electron chi connectivity index (χ3n) is 3.76. The monoisotopic (exact) mass is 519 g/mol. The maximum Gasteiger partial charge on any atom is 0.195 e. The first-order valence-electron chi connectivity index (χ1n) is 8.87. The zero-order valence-corrected chi connectivity index (χ0v) is 19.3. The van der Waals surface area contributed by atoms with Gasteiger partial charge in [0, 0.05) is 28.9 Å². The molecule has 6 nitrogen and oxygen atoms in total. The van der Waals surface area contributed by atoms with E-state index >= 15 is 0 Å². The van der Waals surface area contributed by atoms with E-state index in [9.17, 15) is 5.11 Å². The van der Waals surface area contributed by atoms with Crippen molar-refractivity contribution in [3.05, 3.63) is 53.1 Å². The number of guanidine groups is 1. The van der Waals surface area contributed by atoms with Gasteiger partial charge >= 0.3 is 0 Å². The second-order valence-electron chi connectivity index (χ2n) is 5.68. The molecule has 2 aromatic rings. The Kier molecular flexibility index (Phi) is 11.0. The van der Waals surface area contributed by atoms with Crippen molar-refractivity contribution in [2.75, 3.05) is 32.1 Å². The highest BCUT2D eigenvalue weighted by Crippen LogP contribution is 2.30. The van der Waals surface area contributed by atoms with Gasteiger partial charge in [-0.2, -0.15) is 0 Å². The van der Waals surface area contributed by atoms with Gasteiger partial charge in [0.15, 0.2) is 17.5 Å². The quantitative estimate of drug-likeness (QED) is 0.272. The third-order valence-corrected chi connectivity index (χ3v) is 4.10. The zero-order valence-electron chi connectivity index (χ0n) is 16.2. The van der Waals surface area contributed by atoms with Crippen molar-refractivity contribution in [1.82, 2.24) is 5.32 Å². The summed E-state index contributed by atoms with van der Waals surface area (Å²) >= 11 is 6.13. The van der Waals surface area contributed by atoms with Crippen molar-refractivity contribution in [3.63, 3.8) is 0 Å². The Morgan fingerprint density at radius 3 is 2.57 bits per heavy atom. The summed E-state index contributed by atoms with van der Waals surface area (Å²) in [6.45, 7) is 5.31. The lowest BCUT2D eigenvalue weighted by atomic mass is 10.1. The summed E-state index contributed by atoms with van der Waals surface area (Å²) < 4.78 is 10.9. The Morgan fingerprint density at radius 2 is 1.93 bits per heavy atom. The highest BCUT2D eigenvalue weighted by molar-refractivity contribution is 14.0.